The lowest BCUT2D eigenvalue weighted by Gasteiger charge is -2.20. The molecule has 1 amide bonds. The van der Waals surface area contributed by atoms with E-state index in [1.807, 2.05) is 36.4 Å². The quantitative estimate of drug-likeness (QED) is 0.452. The average molecular weight is 414 g/mol. The lowest BCUT2D eigenvalue weighted by molar-refractivity contribution is -0.136. The number of aliphatic carboxylic acids is 1. The van der Waals surface area contributed by atoms with Crippen molar-refractivity contribution in [2.24, 2.45) is 0 Å². The number of hydrogen-bond donors (Lipinski definition) is 2. The van der Waals surface area contributed by atoms with Crippen LogP contribution >= 0.6 is 0 Å². The van der Waals surface area contributed by atoms with Crippen molar-refractivity contribution in [3.05, 3.63) is 59.7 Å². The van der Waals surface area contributed by atoms with E-state index in [-0.39, 0.29) is 25.0 Å². The van der Waals surface area contributed by atoms with Gasteiger partial charge in [-0.2, -0.15) is 0 Å². The second kappa shape index (κ2) is 12.5. The zero-order chi connectivity index (χ0) is 21.8. The van der Waals surface area contributed by atoms with E-state index < -0.39 is 5.97 Å². The molecule has 0 fully saturated rings. The van der Waals surface area contributed by atoms with Gasteiger partial charge in [0, 0.05) is 12.1 Å². The number of ether oxygens (including phenoxy) is 2. The maximum Gasteiger partial charge on any atom is 0.305 e. The normalized spacial score (nSPS) is 11.5. The van der Waals surface area contributed by atoms with Crippen LogP contribution in [0.25, 0.3) is 0 Å². The van der Waals surface area contributed by atoms with Crippen molar-refractivity contribution >= 4 is 11.9 Å². The molecule has 0 aliphatic heterocycles. The van der Waals surface area contributed by atoms with Crippen LogP contribution in [0.2, 0.25) is 0 Å². The summed E-state index contributed by atoms with van der Waals surface area (Å²) in [4.78, 5) is 22.7. The van der Waals surface area contributed by atoms with Crippen LogP contribution in [0, 0.1) is 0 Å². The van der Waals surface area contributed by atoms with Crippen LogP contribution in [0.5, 0.6) is 11.5 Å². The molecule has 0 saturated carbocycles. The number of carboxylic acids is 1. The van der Waals surface area contributed by atoms with Gasteiger partial charge in [0.25, 0.3) is 5.91 Å². The van der Waals surface area contributed by atoms with Gasteiger partial charge in [-0.3, -0.25) is 9.59 Å². The number of amides is 1. The SMILES string of the molecule is CCCCCCC(Oc1ccc(OC)cc1)c1ccc(C(=O)NCCC(=O)O)cc1. The molecule has 2 aromatic rings. The lowest BCUT2D eigenvalue weighted by atomic mass is 10.0. The number of carboxylic acid groups (broad SMARTS) is 1. The zero-order valence-electron chi connectivity index (χ0n) is 17.7. The van der Waals surface area contributed by atoms with Crippen molar-refractivity contribution in [1.29, 1.82) is 0 Å². The maximum atomic E-state index is 12.2. The molecule has 1 unspecified atom stereocenters. The van der Waals surface area contributed by atoms with Crippen LogP contribution in [-0.4, -0.2) is 30.6 Å². The molecule has 2 rings (SSSR count). The minimum atomic E-state index is -0.938. The van der Waals surface area contributed by atoms with Crippen LogP contribution in [-0.2, 0) is 4.79 Å². The molecule has 0 heterocycles. The van der Waals surface area contributed by atoms with Gasteiger partial charge in [0.1, 0.15) is 17.6 Å². The summed E-state index contributed by atoms with van der Waals surface area (Å²) in [5, 5.41) is 11.3. The lowest BCUT2D eigenvalue weighted by Crippen LogP contribution is -2.26. The summed E-state index contributed by atoms with van der Waals surface area (Å²) in [7, 11) is 1.63. The van der Waals surface area contributed by atoms with Crippen molar-refractivity contribution < 1.29 is 24.2 Å². The summed E-state index contributed by atoms with van der Waals surface area (Å²) in [6, 6.07) is 14.8. The molecule has 0 aliphatic carbocycles. The third-order valence-electron chi connectivity index (χ3n) is 4.83. The first-order valence-electron chi connectivity index (χ1n) is 10.4. The van der Waals surface area contributed by atoms with Gasteiger partial charge >= 0.3 is 5.97 Å². The van der Waals surface area contributed by atoms with E-state index in [4.69, 9.17) is 14.6 Å². The Labute approximate surface area is 178 Å². The highest BCUT2D eigenvalue weighted by molar-refractivity contribution is 5.94. The fraction of sp³-hybridized carbons (Fsp3) is 0.417. The number of carbonyl (C=O) groups is 2. The monoisotopic (exact) mass is 413 g/mol. The third kappa shape index (κ3) is 7.78. The summed E-state index contributed by atoms with van der Waals surface area (Å²) in [5.41, 5.74) is 1.50. The summed E-state index contributed by atoms with van der Waals surface area (Å²) >= 11 is 0. The number of nitrogens with one attached hydrogen (secondary N) is 1. The number of unbranched alkanes of at least 4 members (excludes halogenated alkanes) is 3. The second-order valence-corrected chi connectivity index (χ2v) is 7.15. The average Bonchev–Trinajstić information content (AvgIpc) is 2.76. The fourth-order valence-corrected chi connectivity index (χ4v) is 3.10. The van der Waals surface area contributed by atoms with Gasteiger partial charge in [-0.1, -0.05) is 38.3 Å². The highest BCUT2D eigenvalue weighted by Crippen LogP contribution is 2.28. The molecule has 6 heteroatoms. The van der Waals surface area contributed by atoms with E-state index in [2.05, 4.69) is 12.2 Å². The topological polar surface area (TPSA) is 84.9 Å². The summed E-state index contributed by atoms with van der Waals surface area (Å²) in [6.07, 6.45) is 5.27. The van der Waals surface area contributed by atoms with E-state index in [9.17, 15) is 9.59 Å². The smallest absolute Gasteiger partial charge is 0.305 e. The first-order valence-corrected chi connectivity index (χ1v) is 10.4. The Morgan fingerprint density at radius 2 is 1.63 bits per heavy atom. The number of benzene rings is 2. The summed E-state index contributed by atoms with van der Waals surface area (Å²) in [6.45, 7) is 2.29. The molecule has 6 nitrogen and oxygen atoms in total. The highest BCUT2D eigenvalue weighted by Gasteiger charge is 2.15. The molecular formula is C24H31NO5. The van der Waals surface area contributed by atoms with Gasteiger partial charge in [0.15, 0.2) is 0 Å². The van der Waals surface area contributed by atoms with Crippen LogP contribution < -0.4 is 14.8 Å². The minimum absolute atomic E-state index is 0.0979. The zero-order valence-corrected chi connectivity index (χ0v) is 17.7. The maximum absolute atomic E-state index is 12.2. The molecule has 2 N–H and O–H groups in total. The standard InChI is InChI=1S/C24H31NO5/c1-3-4-5-6-7-22(30-21-14-12-20(29-2)13-15-21)18-8-10-19(11-9-18)24(28)25-17-16-23(26)27/h8-15,22H,3-7,16-17H2,1-2H3,(H,25,28)(H,26,27). The van der Waals surface area contributed by atoms with Gasteiger partial charge < -0.3 is 19.9 Å². The van der Waals surface area contributed by atoms with Crippen LogP contribution in [0.4, 0.5) is 0 Å². The van der Waals surface area contributed by atoms with Crippen molar-refractivity contribution in [3.8, 4) is 11.5 Å². The van der Waals surface area contributed by atoms with Gasteiger partial charge in [-0.25, -0.2) is 0 Å². The van der Waals surface area contributed by atoms with Crippen LogP contribution in [0.15, 0.2) is 48.5 Å². The molecule has 30 heavy (non-hydrogen) atoms. The van der Waals surface area contributed by atoms with Crippen LogP contribution in [0.3, 0.4) is 0 Å². The van der Waals surface area contributed by atoms with Crippen molar-refractivity contribution in [2.75, 3.05) is 13.7 Å². The van der Waals surface area contributed by atoms with Crippen molar-refractivity contribution in [1.82, 2.24) is 5.32 Å². The molecule has 0 saturated heterocycles. The summed E-state index contributed by atoms with van der Waals surface area (Å²) in [5.74, 6) is 0.331. The Balaban J connectivity index is 2.05. The Hall–Kier alpha value is -3.02. The highest BCUT2D eigenvalue weighted by atomic mass is 16.5. The minimum Gasteiger partial charge on any atom is -0.497 e. The van der Waals surface area contributed by atoms with Gasteiger partial charge in [-0.15, -0.1) is 0 Å². The predicted molar refractivity (Wildman–Crippen MR) is 116 cm³/mol. The molecule has 2 aromatic carbocycles. The largest absolute Gasteiger partial charge is 0.497 e. The Bertz CT molecular complexity index is 786. The molecule has 162 valence electrons. The summed E-state index contributed by atoms with van der Waals surface area (Å²) < 4.78 is 11.5. The third-order valence-corrected chi connectivity index (χ3v) is 4.83. The fourth-order valence-electron chi connectivity index (χ4n) is 3.10. The molecule has 0 radical (unpaired) electrons. The molecule has 0 spiro atoms. The molecular weight excluding hydrogens is 382 g/mol. The first-order chi connectivity index (χ1) is 14.5. The van der Waals surface area contributed by atoms with E-state index in [1.54, 1.807) is 19.2 Å². The number of methoxy groups -OCH3 is 1. The Kier molecular flexibility index (Phi) is 9.71. The molecule has 1 atom stereocenters. The molecule has 0 bridgehead atoms. The van der Waals surface area contributed by atoms with Gasteiger partial charge in [-0.05, 0) is 54.8 Å². The number of hydrogen-bond acceptors (Lipinski definition) is 4. The van der Waals surface area contributed by atoms with Gasteiger partial charge in [0.2, 0.25) is 0 Å². The molecule has 0 aliphatic rings. The second-order valence-electron chi connectivity index (χ2n) is 7.15. The number of rotatable bonds is 13. The van der Waals surface area contributed by atoms with E-state index in [1.165, 1.54) is 12.8 Å². The van der Waals surface area contributed by atoms with Crippen molar-refractivity contribution in [3.63, 3.8) is 0 Å². The van der Waals surface area contributed by atoms with Crippen molar-refractivity contribution in [2.45, 2.75) is 51.6 Å². The predicted octanol–water partition coefficient (Wildman–Crippen LogP) is 4.99. The van der Waals surface area contributed by atoms with E-state index in [0.29, 0.717) is 5.56 Å². The van der Waals surface area contributed by atoms with E-state index >= 15 is 0 Å². The van der Waals surface area contributed by atoms with Crippen LogP contribution in [0.1, 0.15) is 67.5 Å². The Morgan fingerprint density at radius 3 is 2.23 bits per heavy atom. The molecule has 0 aromatic heterocycles. The van der Waals surface area contributed by atoms with E-state index in [0.717, 1.165) is 36.3 Å². The van der Waals surface area contributed by atoms with Gasteiger partial charge in [0.05, 0.1) is 13.5 Å². The number of carbonyl (C=O) groups excluding carboxylic acids is 1. The first kappa shape index (κ1) is 23.3. The Morgan fingerprint density at radius 1 is 0.967 bits per heavy atom.